The zero-order valence-corrected chi connectivity index (χ0v) is 9.99. The Kier molecular flexibility index (Phi) is 3.56. The molecule has 88 valence electrons. The molecule has 1 N–H and O–H groups in total. The minimum atomic E-state index is -0.200. The van der Waals surface area contributed by atoms with Crippen molar-refractivity contribution in [1.82, 2.24) is 10.3 Å². The largest absolute Gasteiger partial charge is 0.364 e. The molecule has 0 spiro atoms. The molecule has 5 heteroatoms. The van der Waals surface area contributed by atoms with Gasteiger partial charge in [-0.1, -0.05) is 11.6 Å². The van der Waals surface area contributed by atoms with Gasteiger partial charge in [-0.2, -0.15) is 0 Å². The summed E-state index contributed by atoms with van der Waals surface area (Å²) in [6.07, 6.45) is 1.63. The van der Waals surface area contributed by atoms with Gasteiger partial charge >= 0.3 is 0 Å². The van der Waals surface area contributed by atoms with Crippen LogP contribution in [0.2, 0.25) is 5.02 Å². The molecule has 0 aliphatic carbocycles. The number of carbonyl (C=O) groups excluding carboxylic acids is 1. The second-order valence-electron chi connectivity index (χ2n) is 3.46. The second-order valence-corrected chi connectivity index (χ2v) is 3.87. The average Bonchev–Trinajstić information content (AvgIpc) is 2.36. The van der Waals surface area contributed by atoms with E-state index < -0.39 is 0 Å². The molecule has 0 aliphatic heterocycles. The minimum absolute atomic E-state index is 0.178. The molecular weight excluding hydrogens is 240 g/mol. The van der Waals surface area contributed by atoms with Crippen molar-refractivity contribution in [3.8, 4) is 0 Å². The first-order valence-electron chi connectivity index (χ1n) is 5.04. The van der Waals surface area contributed by atoms with Crippen molar-refractivity contribution in [3.05, 3.63) is 41.0 Å². The number of fused-ring (bicyclic) bond motifs is 1. The van der Waals surface area contributed by atoms with Crippen molar-refractivity contribution in [2.45, 2.75) is 0 Å². The van der Waals surface area contributed by atoms with E-state index >= 15 is 0 Å². The number of pyridine rings is 1. The van der Waals surface area contributed by atoms with Crippen LogP contribution in [0, 0.1) is 0 Å². The van der Waals surface area contributed by atoms with Crippen LogP contribution in [-0.4, -0.2) is 24.7 Å². The Bertz CT molecular complexity index is 557. The summed E-state index contributed by atoms with van der Waals surface area (Å²) in [5, 5.41) is 3.95. The lowest BCUT2D eigenvalue weighted by molar-refractivity contribution is 0.0872. The van der Waals surface area contributed by atoms with Crippen LogP contribution in [0.3, 0.4) is 0 Å². The van der Waals surface area contributed by atoms with Gasteiger partial charge in [0.05, 0.1) is 10.5 Å². The molecule has 0 fully saturated rings. The number of carbonyl (C=O) groups is 1. The van der Waals surface area contributed by atoms with Crippen LogP contribution < -0.4 is 5.32 Å². The Morgan fingerprint density at radius 3 is 3.06 bits per heavy atom. The topological polar surface area (TPSA) is 51.2 Å². The number of hydrogen-bond donors (Lipinski definition) is 1. The molecular formula is C12H11ClN2O2. The van der Waals surface area contributed by atoms with Gasteiger partial charge in [-0.15, -0.1) is 0 Å². The number of halogens is 1. The van der Waals surface area contributed by atoms with Crippen LogP contribution in [0.15, 0.2) is 30.5 Å². The second kappa shape index (κ2) is 5.12. The fourth-order valence-corrected chi connectivity index (χ4v) is 1.70. The van der Waals surface area contributed by atoms with Crippen molar-refractivity contribution in [2.24, 2.45) is 0 Å². The Labute approximate surface area is 104 Å². The van der Waals surface area contributed by atoms with Gasteiger partial charge in [-0.05, 0) is 24.3 Å². The highest BCUT2D eigenvalue weighted by atomic mass is 35.5. The number of nitrogens with zero attached hydrogens (tertiary/aromatic N) is 1. The molecule has 1 aromatic carbocycles. The number of amides is 1. The Balaban J connectivity index is 2.37. The summed E-state index contributed by atoms with van der Waals surface area (Å²) < 4.78 is 4.77. The van der Waals surface area contributed by atoms with Crippen LogP contribution in [0.25, 0.3) is 10.9 Å². The molecule has 1 heterocycles. The molecule has 17 heavy (non-hydrogen) atoms. The summed E-state index contributed by atoms with van der Waals surface area (Å²) in [5.41, 5.74) is 1.30. The maximum Gasteiger partial charge on any atom is 0.253 e. The molecule has 0 unspecified atom stereocenters. The molecule has 2 rings (SSSR count). The predicted octanol–water partition coefficient (Wildman–Crippen LogP) is 2.22. The maximum absolute atomic E-state index is 11.7. The number of hydrogen-bond acceptors (Lipinski definition) is 3. The van der Waals surface area contributed by atoms with Gasteiger partial charge in [0.25, 0.3) is 5.91 Å². The molecule has 1 aromatic heterocycles. The van der Waals surface area contributed by atoms with Gasteiger partial charge in [0.15, 0.2) is 0 Å². The molecule has 0 atom stereocenters. The van der Waals surface area contributed by atoms with Gasteiger partial charge in [-0.25, -0.2) is 0 Å². The average molecular weight is 251 g/mol. The zero-order valence-electron chi connectivity index (χ0n) is 9.24. The van der Waals surface area contributed by atoms with Crippen molar-refractivity contribution >= 4 is 28.4 Å². The third kappa shape index (κ3) is 2.54. The Morgan fingerprint density at radius 1 is 1.47 bits per heavy atom. The SMILES string of the molecule is COCNC(=O)c1ccc2nccc(Cl)c2c1. The summed E-state index contributed by atoms with van der Waals surface area (Å²) >= 11 is 6.04. The van der Waals surface area contributed by atoms with Gasteiger partial charge in [0.2, 0.25) is 0 Å². The number of rotatable bonds is 3. The molecule has 2 aromatic rings. The summed E-state index contributed by atoms with van der Waals surface area (Å²) in [5.74, 6) is -0.200. The van der Waals surface area contributed by atoms with Crippen molar-refractivity contribution in [1.29, 1.82) is 0 Å². The lowest BCUT2D eigenvalue weighted by atomic mass is 10.1. The quantitative estimate of drug-likeness (QED) is 0.850. The minimum Gasteiger partial charge on any atom is -0.364 e. The van der Waals surface area contributed by atoms with Gasteiger partial charge in [-0.3, -0.25) is 9.78 Å². The molecule has 0 bridgehead atoms. The highest BCUT2D eigenvalue weighted by Crippen LogP contribution is 2.22. The molecule has 0 aliphatic rings. The van der Waals surface area contributed by atoms with E-state index in [9.17, 15) is 4.79 Å². The van der Waals surface area contributed by atoms with Crippen molar-refractivity contribution < 1.29 is 9.53 Å². The first-order chi connectivity index (χ1) is 8.22. The molecule has 0 radical (unpaired) electrons. The van der Waals surface area contributed by atoms with Crippen LogP contribution in [0.4, 0.5) is 0 Å². The van der Waals surface area contributed by atoms with Crippen LogP contribution in [0.1, 0.15) is 10.4 Å². The number of aromatic nitrogens is 1. The Morgan fingerprint density at radius 2 is 2.29 bits per heavy atom. The first kappa shape index (κ1) is 11.8. The van der Waals surface area contributed by atoms with Gasteiger partial charge < -0.3 is 10.1 Å². The Hall–Kier alpha value is -1.65. The van der Waals surface area contributed by atoms with Crippen LogP contribution >= 0.6 is 11.6 Å². The summed E-state index contributed by atoms with van der Waals surface area (Å²) in [6.45, 7) is 0.178. The summed E-state index contributed by atoms with van der Waals surface area (Å²) in [7, 11) is 1.52. The molecule has 0 saturated heterocycles. The van der Waals surface area contributed by atoms with E-state index in [0.29, 0.717) is 10.6 Å². The number of ether oxygens (including phenoxy) is 1. The number of methoxy groups -OCH3 is 1. The van der Waals surface area contributed by atoms with E-state index in [4.69, 9.17) is 16.3 Å². The van der Waals surface area contributed by atoms with E-state index in [1.165, 1.54) is 7.11 Å². The van der Waals surface area contributed by atoms with Gasteiger partial charge in [0.1, 0.15) is 6.73 Å². The van der Waals surface area contributed by atoms with Crippen LogP contribution in [0.5, 0.6) is 0 Å². The molecule has 0 saturated carbocycles. The van der Waals surface area contributed by atoms with E-state index in [0.717, 1.165) is 10.9 Å². The summed E-state index contributed by atoms with van der Waals surface area (Å²) in [6, 6.07) is 6.88. The molecule has 4 nitrogen and oxygen atoms in total. The van der Waals surface area contributed by atoms with Crippen molar-refractivity contribution in [2.75, 3.05) is 13.8 Å². The lowest BCUT2D eigenvalue weighted by Gasteiger charge is -2.05. The predicted molar refractivity (Wildman–Crippen MR) is 66.1 cm³/mol. The van der Waals surface area contributed by atoms with Gasteiger partial charge in [0, 0.05) is 24.3 Å². The first-order valence-corrected chi connectivity index (χ1v) is 5.41. The van der Waals surface area contributed by atoms with E-state index in [-0.39, 0.29) is 12.6 Å². The molecule has 1 amide bonds. The van der Waals surface area contributed by atoms with Crippen LogP contribution in [-0.2, 0) is 4.74 Å². The third-order valence-corrected chi connectivity index (χ3v) is 2.66. The maximum atomic E-state index is 11.7. The monoisotopic (exact) mass is 250 g/mol. The number of nitrogens with one attached hydrogen (secondary N) is 1. The highest BCUT2D eigenvalue weighted by molar-refractivity contribution is 6.35. The smallest absolute Gasteiger partial charge is 0.253 e. The lowest BCUT2D eigenvalue weighted by Crippen LogP contribution is -2.25. The fourth-order valence-electron chi connectivity index (χ4n) is 1.49. The normalized spacial score (nSPS) is 10.5. The van der Waals surface area contributed by atoms with E-state index in [2.05, 4.69) is 10.3 Å². The standard InChI is InChI=1S/C12H11ClN2O2/c1-17-7-15-12(16)8-2-3-11-9(6-8)10(13)4-5-14-11/h2-6H,7H2,1H3,(H,15,16). The third-order valence-electron chi connectivity index (χ3n) is 2.33. The zero-order chi connectivity index (χ0) is 12.3. The highest BCUT2D eigenvalue weighted by Gasteiger charge is 2.07. The fraction of sp³-hybridized carbons (Fsp3) is 0.167. The van der Waals surface area contributed by atoms with E-state index in [1.54, 1.807) is 30.5 Å². The summed E-state index contributed by atoms with van der Waals surface area (Å²) in [4.78, 5) is 15.9. The number of benzene rings is 1. The van der Waals surface area contributed by atoms with Crippen molar-refractivity contribution in [3.63, 3.8) is 0 Å². The van der Waals surface area contributed by atoms with E-state index in [1.807, 2.05) is 0 Å².